The summed E-state index contributed by atoms with van der Waals surface area (Å²) in [6.07, 6.45) is 0.660. The normalized spacial score (nSPS) is 11.7. The second-order valence-corrected chi connectivity index (χ2v) is 8.93. The molecule has 0 atom stereocenters. The van der Waals surface area contributed by atoms with Crippen LogP contribution in [0.5, 0.6) is 0 Å². The molecule has 1 heterocycles. The van der Waals surface area contributed by atoms with Crippen molar-refractivity contribution < 1.29 is 14.3 Å². The van der Waals surface area contributed by atoms with E-state index in [2.05, 4.69) is 17.4 Å². The van der Waals surface area contributed by atoms with Gasteiger partial charge in [-0.3, -0.25) is 4.79 Å². The van der Waals surface area contributed by atoms with E-state index >= 15 is 0 Å². The Labute approximate surface area is 196 Å². The molecule has 0 spiro atoms. The van der Waals surface area contributed by atoms with Gasteiger partial charge in [0.1, 0.15) is 5.00 Å². The summed E-state index contributed by atoms with van der Waals surface area (Å²) in [6.45, 7) is 2.07. The van der Waals surface area contributed by atoms with Crippen LogP contribution in [0.25, 0.3) is 10.4 Å². The van der Waals surface area contributed by atoms with Crippen LogP contribution in [0, 0.1) is 0 Å². The number of carbonyl (C=O) groups excluding carboxylic acids is 2. The molecule has 0 bridgehead atoms. The predicted molar refractivity (Wildman–Crippen MR) is 132 cm³/mol. The van der Waals surface area contributed by atoms with Crippen LogP contribution >= 0.6 is 11.3 Å². The number of hydrogen-bond donors (Lipinski definition) is 1. The first-order chi connectivity index (χ1) is 16.2. The monoisotopic (exact) mass is 453 g/mol. The fourth-order valence-electron chi connectivity index (χ4n) is 4.42. The SMILES string of the molecule is CCOC(=O)c1c(NC(=O)C(c2ccccc2)c2ccccc2)sc2c1Cc1ccccc1-2. The van der Waals surface area contributed by atoms with Crippen molar-refractivity contribution in [2.24, 2.45) is 0 Å². The largest absolute Gasteiger partial charge is 0.462 e. The van der Waals surface area contributed by atoms with E-state index in [9.17, 15) is 9.59 Å². The van der Waals surface area contributed by atoms with Crippen molar-refractivity contribution in [3.63, 3.8) is 0 Å². The fraction of sp³-hybridized carbons (Fsp3) is 0.143. The summed E-state index contributed by atoms with van der Waals surface area (Å²) >= 11 is 1.45. The highest BCUT2D eigenvalue weighted by Gasteiger charge is 2.32. The average Bonchev–Trinajstić information content (AvgIpc) is 3.36. The van der Waals surface area contributed by atoms with Gasteiger partial charge in [0.25, 0.3) is 0 Å². The Morgan fingerprint density at radius 1 is 0.909 bits per heavy atom. The smallest absolute Gasteiger partial charge is 0.341 e. The zero-order chi connectivity index (χ0) is 22.8. The first-order valence-corrected chi connectivity index (χ1v) is 11.8. The molecule has 5 heteroatoms. The van der Waals surface area contributed by atoms with Gasteiger partial charge in [-0.15, -0.1) is 11.3 Å². The second-order valence-electron chi connectivity index (χ2n) is 7.91. The van der Waals surface area contributed by atoms with E-state index in [0.717, 1.165) is 27.1 Å². The molecule has 4 nitrogen and oxygen atoms in total. The van der Waals surface area contributed by atoms with Crippen LogP contribution in [0.3, 0.4) is 0 Å². The molecule has 1 aliphatic carbocycles. The first kappa shape index (κ1) is 21.2. The minimum atomic E-state index is -0.494. The Morgan fingerprint density at radius 3 is 2.15 bits per heavy atom. The van der Waals surface area contributed by atoms with Gasteiger partial charge in [-0.1, -0.05) is 84.9 Å². The summed E-state index contributed by atoms with van der Waals surface area (Å²) in [5.41, 5.74) is 5.51. The van der Waals surface area contributed by atoms with Gasteiger partial charge in [-0.05, 0) is 34.7 Å². The Kier molecular flexibility index (Phi) is 5.80. The third-order valence-corrected chi connectivity index (χ3v) is 7.06. The van der Waals surface area contributed by atoms with Crippen molar-refractivity contribution in [3.8, 4) is 10.4 Å². The van der Waals surface area contributed by atoms with Crippen LogP contribution < -0.4 is 5.32 Å². The lowest BCUT2D eigenvalue weighted by molar-refractivity contribution is -0.116. The number of amides is 1. The van der Waals surface area contributed by atoms with Crippen molar-refractivity contribution >= 4 is 28.2 Å². The van der Waals surface area contributed by atoms with Crippen molar-refractivity contribution in [1.82, 2.24) is 0 Å². The number of esters is 1. The van der Waals surface area contributed by atoms with Gasteiger partial charge in [-0.25, -0.2) is 4.79 Å². The Morgan fingerprint density at radius 2 is 1.52 bits per heavy atom. The molecule has 5 rings (SSSR count). The van der Waals surface area contributed by atoms with E-state index in [1.165, 1.54) is 16.9 Å². The van der Waals surface area contributed by atoms with Crippen LogP contribution in [0.4, 0.5) is 5.00 Å². The van der Waals surface area contributed by atoms with Crippen LogP contribution in [0.2, 0.25) is 0 Å². The van der Waals surface area contributed by atoms with Crippen LogP contribution in [-0.2, 0) is 16.0 Å². The van der Waals surface area contributed by atoms with Gasteiger partial charge < -0.3 is 10.1 Å². The third-order valence-electron chi connectivity index (χ3n) is 5.88. The Balaban J connectivity index is 1.56. The zero-order valence-electron chi connectivity index (χ0n) is 18.2. The molecule has 1 aliphatic rings. The first-order valence-electron chi connectivity index (χ1n) is 11.0. The maximum Gasteiger partial charge on any atom is 0.341 e. The molecular formula is C28H23NO3S. The standard InChI is InChI=1S/C28H23NO3S/c1-2-32-28(31)24-22-17-20-15-9-10-16-21(20)25(22)33-27(24)29-26(30)23(18-11-5-3-6-12-18)19-13-7-4-8-14-19/h3-16,23H,2,17H2,1H3,(H,29,30). The van der Waals surface area contributed by atoms with E-state index < -0.39 is 11.9 Å². The zero-order valence-corrected chi connectivity index (χ0v) is 19.0. The molecule has 0 aliphatic heterocycles. The summed E-state index contributed by atoms with van der Waals surface area (Å²) in [6, 6.07) is 27.5. The lowest BCUT2D eigenvalue weighted by atomic mass is 9.90. The summed E-state index contributed by atoms with van der Waals surface area (Å²) in [5.74, 6) is -1.06. The topological polar surface area (TPSA) is 55.4 Å². The minimum Gasteiger partial charge on any atom is -0.462 e. The predicted octanol–water partition coefficient (Wildman–Crippen LogP) is 6.27. The molecule has 33 heavy (non-hydrogen) atoms. The summed E-state index contributed by atoms with van der Waals surface area (Å²) in [7, 11) is 0. The molecule has 0 fully saturated rings. The maximum atomic E-state index is 13.7. The Bertz CT molecular complexity index is 1270. The van der Waals surface area contributed by atoms with Crippen molar-refractivity contribution in [2.75, 3.05) is 11.9 Å². The van der Waals surface area contributed by atoms with Gasteiger partial charge in [0, 0.05) is 11.3 Å². The van der Waals surface area contributed by atoms with Crippen molar-refractivity contribution in [2.45, 2.75) is 19.3 Å². The molecule has 0 saturated carbocycles. The molecule has 1 N–H and O–H groups in total. The number of nitrogens with one attached hydrogen (secondary N) is 1. The highest BCUT2D eigenvalue weighted by molar-refractivity contribution is 7.20. The number of thiophene rings is 1. The number of carbonyl (C=O) groups is 2. The third kappa shape index (κ3) is 3.96. The molecule has 164 valence electrons. The number of anilines is 1. The fourth-order valence-corrected chi connectivity index (χ4v) is 5.69. The molecule has 4 aromatic rings. The Hall–Kier alpha value is -3.70. The van der Waals surface area contributed by atoms with E-state index in [1.807, 2.05) is 72.8 Å². The summed E-state index contributed by atoms with van der Waals surface area (Å²) < 4.78 is 5.38. The average molecular weight is 454 g/mol. The molecule has 0 saturated heterocycles. The molecule has 1 aromatic heterocycles. The van der Waals surface area contributed by atoms with Crippen molar-refractivity contribution in [3.05, 3.63) is 113 Å². The van der Waals surface area contributed by atoms with Gasteiger partial charge in [-0.2, -0.15) is 0 Å². The molecule has 0 unspecified atom stereocenters. The van der Waals surface area contributed by atoms with Gasteiger partial charge in [0.2, 0.25) is 5.91 Å². The quantitative estimate of drug-likeness (QED) is 0.309. The molecule has 3 aromatic carbocycles. The van der Waals surface area contributed by atoms with Crippen LogP contribution in [0.15, 0.2) is 84.9 Å². The van der Waals surface area contributed by atoms with E-state index in [0.29, 0.717) is 17.0 Å². The second kappa shape index (κ2) is 9.04. The molecule has 1 amide bonds. The summed E-state index contributed by atoms with van der Waals surface area (Å²) in [5, 5.41) is 3.64. The summed E-state index contributed by atoms with van der Waals surface area (Å²) in [4.78, 5) is 27.7. The molecular weight excluding hydrogens is 430 g/mol. The maximum absolute atomic E-state index is 13.7. The van der Waals surface area contributed by atoms with E-state index in [-0.39, 0.29) is 12.5 Å². The van der Waals surface area contributed by atoms with Gasteiger partial charge >= 0.3 is 5.97 Å². The van der Waals surface area contributed by atoms with Gasteiger partial charge in [0.15, 0.2) is 0 Å². The van der Waals surface area contributed by atoms with Crippen LogP contribution in [-0.4, -0.2) is 18.5 Å². The van der Waals surface area contributed by atoms with Gasteiger partial charge in [0.05, 0.1) is 18.1 Å². The number of fused-ring (bicyclic) bond motifs is 3. The number of rotatable bonds is 6. The highest BCUT2D eigenvalue weighted by Crippen LogP contribution is 2.48. The van der Waals surface area contributed by atoms with Crippen molar-refractivity contribution in [1.29, 1.82) is 0 Å². The lowest BCUT2D eigenvalue weighted by Crippen LogP contribution is -2.23. The minimum absolute atomic E-state index is 0.175. The number of hydrogen-bond acceptors (Lipinski definition) is 4. The highest BCUT2D eigenvalue weighted by atomic mass is 32.1. The molecule has 0 radical (unpaired) electrons. The number of ether oxygens (including phenoxy) is 1. The van der Waals surface area contributed by atoms with Crippen LogP contribution in [0.1, 0.15) is 45.5 Å². The van der Waals surface area contributed by atoms with E-state index in [1.54, 1.807) is 6.92 Å². The number of benzene rings is 3. The van der Waals surface area contributed by atoms with E-state index in [4.69, 9.17) is 4.74 Å². The lowest BCUT2D eigenvalue weighted by Gasteiger charge is -2.18.